The maximum atomic E-state index is 12.1. The van der Waals surface area contributed by atoms with Crippen LogP contribution in [0, 0.1) is 63.5 Å². The van der Waals surface area contributed by atoms with Crippen LogP contribution in [0.4, 0.5) is 9.59 Å². The Hall–Kier alpha value is -1.60. The summed E-state index contributed by atoms with van der Waals surface area (Å²) in [7, 11) is 0. The molecule has 25 heavy (non-hydrogen) atoms. The van der Waals surface area contributed by atoms with E-state index < -0.39 is 37.0 Å². The van der Waals surface area contributed by atoms with E-state index in [0.717, 1.165) is 9.80 Å². The minimum Gasteiger partial charge on any atom is -0.329 e. The molecule has 0 aromatic heterocycles. The van der Waals surface area contributed by atoms with Crippen LogP contribution in [0.15, 0.2) is 0 Å². The number of carbonyl (C=O) groups excluding carboxylic acids is 4. The van der Waals surface area contributed by atoms with Crippen molar-refractivity contribution >= 4 is 23.9 Å². The van der Waals surface area contributed by atoms with Crippen molar-refractivity contribution in [3.05, 3.63) is 63.5 Å². The van der Waals surface area contributed by atoms with Crippen LogP contribution in [0.25, 0.3) is 0 Å². The summed E-state index contributed by atoms with van der Waals surface area (Å²) in [6, 6.07) is -0.348. The second kappa shape index (κ2) is 8.67. The Kier molecular flexibility index (Phi) is 6.84. The number of nitrogens with one attached hydrogen (secondary N) is 2. The third-order valence-corrected chi connectivity index (χ3v) is 3.51. The van der Waals surface area contributed by atoms with Gasteiger partial charge in [-0.05, 0) is 51.4 Å². The van der Waals surface area contributed by atoms with Crippen LogP contribution < -0.4 is 10.6 Å². The zero-order valence-electron chi connectivity index (χ0n) is 12.9. The molecule has 128 valence electrons. The third kappa shape index (κ3) is 4.73. The van der Waals surface area contributed by atoms with Gasteiger partial charge < -0.3 is 10.6 Å². The van der Waals surface area contributed by atoms with Gasteiger partial charge in [0.15, 0.2) is 0 Å². The van der Waals surface area contributed by atoms with Crippen LogP contribution in [-0.2, 0) is 26.7 Å². The molecule has 3 aliphatic rings. The SMILES string of the molecule is O=C1CN(C(=O)N[C]2[CH][CH][CH][CH]2)C(=O)CN1C(=O)N[C]1[CH][CH][CH][CH]1.[Fe+2]. The molecule has 1 aliphatic heterocycles. The predicted octanol–water partition coefficient (Wildman–Crippen LogP) is -0.201. The summed E-state index contributed by atoms with van der Waals surface area (Å²) in [6.45, 7) is -0.973. The van der Waals surface area contributed by atoms with Crippen LogP contribution in [-0.4, -0.2) is 46.8 Å². The van der Waals surface area contributed by atoms with Gasteiger partial charge in [0.05, 0.1) is 12.1 Å². The molecule has 10 radical (unpaired) electrons. The van der Waals surface area contributed by atoms with Crippen molar-refractivity contribution in [3.8, 4) is 0 Å². The van der Waals surface area contributed by atoms with Crippen molar-refractivity contribution in [1.82, 2.24) is 20.4 Å². The third-order valence-electron chi connectivity index (χ3n) is 3.51. The molecule has 8 nitrogen and oxygen atoms in total. The second-order valence-electron chi connectivity index (χ2n) is 5.17. The summed E-state index contributed by atoms with van der Waals surface area (Å²) in [6.07, 6.45) is 13.6. The summed E-state index contributed by atoms with van der Waals surface area (Å²) in [5.74, 6) is -1.26. The van der Waals surface area contributed by atoms with E-state index in [4.69, 9.17) is 0 Å². The normalized spacial score (nSPS) is 22.1. The monoisotopic (exact) mass is 382 g/mol. The van der Waals surface area contributed by atoms with E-state index >= 15 is 0 Å². The Morgan fingerprint density at radius 1 is 0.720 bits per heavy atom. The molecule has 0 aromatic carbocycles. The van der Waals surface area contributed by atoms with E-state index in [1.807, 2.05) is 0 Å². The Labute approximate surface area is 157 Å². The van der Waals surface area contributed by atoms with Crippen LogP contribution in [0.1, 0.15) is 0 Å². The van der Waals surface area contributed by atoms with Gasteiger partial charge in [0, 0.05) is 0 Å². The van der Waals surface area contributed by atoms with E-state index in [9.17, 15) is 19.2 Å². The topological polar surface area (TPSA) is 98.8 Å². The largest absolute Gasteiger partial charge is 2.00 e. The van der Waals surface area contributed by atoms with Gasteiger partial charge >= 0.3 is 29.1 Å². The van der Waals surface area contributed by atoms with Crippen LogP contribution in [0.3, 0.4) is 0 Å². The molecular formula is C16H14FeN4O4+2. The molecule has 0 atom stereocenters. The van der Waals surface area contributed by atoms with Gasteiger partial charge in [-0.1, -0.05) is 0 Å². The van der Waals surface area contributed by atoms with Gasteiger partial charge in [0.2, 0.25) is 0 Å². The number of imide groups is 2. The van der Waals surface area contributed by atoms with Crippen molar-refractivity contribution in [2.24, 2.45) is 0 Å². The summed E-state index contributed by atoms with van der Waals surface area (Å²) in [5.41, 5.74) is 0. The average molecular weight is 382 g/mol. The molecule has 0 aromatic rings. The number of rotatable bonds is 2. The van der Waals surface area contributed by atoms with Crippen molar-refractivity contribution in [2.45, 2.75) is 0 Å². The molecule has 9 heteroatoms. The van der Waals surface area contributed by atoms with Gasteiger partial charge in [-0.3, -0.25) is 19.4 Å². The maximum absolute atomic E-state index is 12.1. The summed E-state index contributed by atoms with van der Waals surface area (Å²) in [4.78, 5) is 50.0. The van der Waals surface area contributed by atoms with Gasteiger partial charge in [-0.25, -0.2) is 9.59 Å². The number of hydrogen-bond acceptors (Lipinski definition) is 4. The van der Waals surface area contributed by atoms with Crippen LogP contribution >= 0.6 is 0 Å². The molecule has 1 saturated heterocycles. The van der Waals surface area contributed by atoms with Crippen molar-refractivity contribution in [1.29, 1.82) is 0 Å². The fourth-order valence-electron chi connectivity index (χ4n) is 2.28. The van der Waals surface area contributed by atoms with E-state index in [2.05, 4.69) is 10.6 Å². The zero-order chi connectivity index (χ0) is 17.1. The van der Waals surface area contributed by atoms with Crippen molar-refractivity contribution in [2.75, 3.05) is 13.1 Å². The Bertz CT molecular complexity index is 496. The molecule has 2 saturated carbocycles. The first kappa shape index (κ1) is 19.7. The maximum Gasteiger partial charge on any atom is 2.00 e. The number of hydrogen-bond donors (Lipinski definition) is 2. The van der Waals surface area contributed by atoms with Gasteiger partial charge in [0.1, 0.15) is 13.1 Å². The van der Waals surface area contributed by atoms with Crippen molar-refractivity contribution in [3.63, 3.8) is 0 Å². The molecule has 1 heterocycles. The second-order valence-corrected chi connectivity index (χ2v) is 5.17. The minimum atomic E-state index is -0.698. The molecular weight excluding hydrogens is 368 g/mol. The van der Waals surface area contributed by atoms with Crippen molar-refractivity contribution < 1.29 is 36.2 Å². The molecule has 0 bridgehead atoms. The standard InChI is InChI=1S/C16H14N4O4.Fe/c21-13-10-20(16(24)18-12-7-3-4-8-12)14(22)9-19(13)15(23)17-11-5-1-2-6-11;/h1-8H,9-10H2,(H,17,23)(H,18,24);/q;+2. The first-order valence-electron chi connectivity index (χ1n) is 7.21. The smallest absolute Gasteiger partial charge is 0.329 e. The molecule has 2 aliphatic carbocycles. The molecule has 0 unspecified atom stereocenters. The first-order chi connectivity index (χ1) is 11.5. The Morgan fingerprint density at radius 3 is 1.36 bits per heavy atom. The van der Waals surface area contributed by atoms with Gasteiger partial charge in [-0.2, -0.15) is 0 Å². The molecule has 6 amide bonds. The zero-order valence-corrected chi connectivity index (χ0v) is 14.0. The fraction of sp³-hybridized carbons (Fsp3) is 0.125. The number of piperazine rings is 1. The quantitative estimate of drug-likeness (QED) is 0.647. The first-order valence-corrected chi connectivity index (χ1v) is 7.21. The van der Waals surface area contributed by atoms with E-state index in [1.54, 1.807) is 51.4 Å². The van der Waals surface area contributed by atoms with Crippen LogP contribution in [0.5, 0.6) is 0 Å². The van der Waals surface area contributed by atoms with E-state index in [-0.39, 0.29) is 17.1 Å². The van der Waals surface area contributed by atoms with Gasteiger partial charge in [0.25, 0.3) is 11.8 Å². The molecule has 3 rings (SSSR count). The number of amides is 6. The predicted molar refractivity (Wildman–Crippen MR) is 81.4 cm³/mol. The number of urea groups is 2. The van der Waals surface area contributed by atoms with Gasteiger partial charge in [-0.15, -0.1) is 0 Å². The Morgan fingerprint density at radius 2 is 1.04 bits per heavy atom. The summed E-state index contributed by atoms with van der Waals surface area (Å²) < 4.78 is 0. The Balaban J connectivity index is 0.00000225. The molecule has 2 N–H and O–H groups in total. The summed E-state index contributed by atoms with van der Waals surface area (Å²) >= 11 is 0. The average Bonchev–Trinajstić information content (AvgIpc) is 3.22. The minimum absolute atomic E-state index is 0. The van der Waals surface area contributed by atoms with E-state index in [0.29, 0.717) is 12.1 Å². The molecule has 3 fully saturated rings. The van der Waals surface area contributed by atoms with Crippen LogP contribution in [0.2, 0.25) is 0 Å². The fourth-order valence-corrected chi connectivity index (χ4v) is 2.28. The number of carbonyl (C=O) groups is 4. The van der Waals surface area contributed by atoms with E-state index in [1.165, 1.54) is 0 Å². The number of nitrogens with zero attached hydrogens (tertiary/aromatic N) is 2. The molecule has 0 spiro atoms. The summed E-state index contributed by atoms with van der Waals surface area (Å²) in [5, 5.41) is 5.04.